The van der Waals surface area contributed by atoms with Crippen molar-refractivity contribution in [3.05, 3.63) is 29.8 Å². The maximum absolute atomic E-state index is 10.0. The number of rotatable bonds is 5. The maximum atomic E-state index is 10.0. The second kappa shape index (κ2) is 4.44. The van der Waals surface area contributed by atoms with Crippen molar-refractivity contribution in [1.29, 1.82) is 0 Å². The Balaban J connectivity index is 1.94. The molecule has 1 unspecified atom stereocenters. The Labute approximate surface area is 96.4 Å². The number of β-amino-alcohol motifs (C(OH)–C–C–N with tert-alkyl or cyclic N) is 1. The lowest BCUT2D eigenvalue weighted by atomic mass is 10.1. The van der Waals surface area contributed by atoms with Crippen LogP contribution in [0.1, 0.15) is 31.4 Å². The Morgan fingerprint density at radius 3 is 2.88 bits per heavy atom. The van der Waals surface area contributed by atoms with Crippen LogP contribution in [0.25, 0.3) is 0 Å². The van der Waals surface area contributed by atoms with Gasteiger partial charge in [0.2, 0.25) is 0 Å². The molecule has 2 N–H and O–H groups in total. The van der Waals surface area contributed by atoms with Crippen LogP contribution in [0, 0.1) is 0 Å². The fourth-order valence-electron chi connectivity index (χ4n) is 1.67. The zero-order valence-corrected chi connectivity index (χ0v) is 9.86. The van der Waals surface area contributed by atoms with Gasteiger partial charge in [0.05, 0.1) is 13.2 Å². The van der Waals surface area contributed by atoms with Gasteiger partial charge in [-0.25, -0.2) is 0 Å². The second-order valence-electron chi connectivity index (χ2n) is 4.73. The molecule has 0 bridgehead atoms. The topological polar surface area (TPSA) is 41.5 Å². The molecule has 3 nitrogen and oxygen atoms in total. The van der Waals surface area contributed by atoms with E-state index in [9.17, 15) is 5.11 Å². The van der Waals surface area contributed by atoms with Gasteiger partial charge in [0.1, 0.15) is 5.75 Å². The van der Waals surface area contributed by atoms with Crippen molar-refractivity contribution in [1.82, 2.24) is 5.32 Å². The molecule has 0 amide bonds. The summed E-state index contributed by atoms with van der Waals surface area (Å²) in [7, 11) is 1.63. The van der Waals surface area contributed by atoms with Crippen LogP contribution in [-0.4, -0.2) is 24.3 Å². The SMILES string of the molecule is COc1cccc(C(O)CNC2(C)CC2)c1. The van der Waals surface area contributed by atoms with Crippen LogP contribution in [-0.2, 0) is 0 Å². The first-order valence-corrected chi connectivity index (χ1v) is 5.70. The minimum atomic E-state index is -0.465. The van der Waals surface area contributed by atoms with Gasteiger partial charge in [-0.1, -0.05) is 12.1 Å². The second-order valence-corrected chi connectivity index (χ2v) is 4.73. The van der Waals surface area contributed by atoms with E-state index in [0.29, 0.717) is 6.54 Å². The molecule has 1 atom stereocenters. The lowest BCUT2D eigenvalue weighted by molar-refractivity contribution is 0.169. The van der Waals surface area contributed by atoms with Crippen LogP contribution in [0.15, 0.2) is 24.3 Å². The number of benzene rings is 1. The first-order chi connectivity index (χ1) is 7.63. The molecule has 1 aromatic carbocycles. The zero-order chi connectivity index (χ0) is 11.6. The molecule has 16 heavy (non-hydrogen) atoms. The number of nitrogens with one attached hydrogen (secondary N) is 1. The monoisotopic (exact) mass is 221 g/mol. The summed E-state index contributed by atoms with van der Waals surface area (Å²) in [4.78, 5) is 0. The normalized spacial score (nSPS) is 19.2. The molecule has 1 aliphatic rings. The Morgan fingerprint density at radius 1 is 1.50 bits per heavy atom. The first-order valence-electron chi connectivity index (χ1n) is 5.70. The zero-order valence-electron chi connectivity index (χ0n) is 9.86. The molecule has 0 aromatic heterocycles. The molecule has 2 rings (SSSR count). The molecule has 3 heteroatoms. The third-order valence-corrected chi connectivity index (χ3v) is 3.20. The van der Waals surface area contributed by atoms with Gasteiger partial charge in [-0.05, 0) is 37.5 Å². The molecule has 1 saturated carbocycles. The van der Waals surface area contributed by atoms with E-state index >= 15 is 0 Å². The average molecular weight is 221 g/mol. The Morgan fingerprint density at radius 2 is 2.25 bits per heavy atom. The summed E-state index contributed by atoms with van der Waals surface area (Å²) in [6.07, 6.45) is 1.95. The van der Waals surface area contributed by atoms with Crippen LogP contribution >= 0.6 is 0 Å². The highest BCUT2D eigenvalue weighted by molar-refractivity contribution is 5.30. The fourth-order valence-corrected chi connectivity index (χ4v) is 1.67. The van der Waals surface area contributed by atoms with Crippen LogP contribution in [0.2, 0.25) is 0 Å². The molecular formula is C13H19NO2. The van der Waals surface area contributed by atoms with Gasteiger partial charge < -0.3 is 15.2 Å². The third-order valence-electron chi connectivity index (χ3n) is 3.20. The molecule has 1 aromatic rings. The molecule has 0 aliphatic heterocycles. The van der Waals surface area contributed by atoms with Gasteiger partial charge >= 0.3 is 0 Å². The maximum Gasteiger partial charge on any atom is 0.119 e. The van der Waals surface area contributed by atoms with Gasteiger partial charge in [-0.15, -0.1) is 0 Å². The summed E-state index contributed by atoms with van der Waals surface area (Å²) in [5.41, 5.74) is 1.16. The Bertz CT molecular complexity index is 361. The standard InChI is InChI=1S/C13H19NO2/c1-13(6-7-13)14-9-12(15)10-4-3-5-11(8-10)16-2/h3-5,8,12,14-15H,6-7,9H2,1-2H3. The highest BCUT2D eigenvalue weighted by Gasteiger charge is 2.36. The predicted octanol–water partition coefficient (Wildman–Crippen LogP) is 1.87. The van der Waals surface area contributed by atoms with Crippen molar-refractivity contribution in [2.75, 3.05) is 13.7 Å². The van der Waals surface area contributed by atoms with E-state index in [4.69, 9.17) is 4.74 Å². The number of methoxy groups -OCH3 is 1. The minimum absolute atomic E-state index is 0.264. The molecule has 0 heterocycles. The third kappa shape index (κ3) is 2.74. The van der Waals surface area contributed by atoms with E-state index in [-0.39, 0.29) is 5.54 Å². The van der Waals surface area contributed by atoms with Crippen LogP contribution in [0.4, 0.5) is 0 Å². The first kappa shape index (κ1) is 11.4. The lowest BCUT2D eigenvalue weighted by Gasteiger charge is -2.16. The molecule has 0 radical (unpaired) electrons. The van der Waals surface area contributed by atoms with Crippen molar-refractivity contribution in [2.45, 2.75) is 31.4 Å². The average Bonchev–Trinajstić information content (AvgIpc) is 3.05. The van der Waals surface area contributed by atoms with E-state index in [2.05, 4.69) is 12.2 Å². The summed E-state index contributed by atoms with van der Waals surface area (Å²) in [5, 5.41) is 13.4. The summed E-state index contributed by atoms with van der Waals surface area (Å²) in [6.45, 7) is 2.79. The largest absolute Gasteiger partial charge is 0.497 e. The van der Waals surface area contributed by atoms with Crippen molar-refractivity contribution < 1.29 is 9.84 Å². The summed E-state index contributed by atoms with van der Waals surface area (Å²) in [6, 6.07) is 7.58. The Hall–Kier alpha value is -1.06. The minimum Gasteiger partial charge on any atom is -0.497 e. The van der Waals surface area contributed by atoms with Crippen molar-refractivity contribution in [3.63, 3.8) is 0 Å². The van der Waals surface area contributed by atoms with Gasteiger partial charge in [0, 0.05) is 12.1 Å². The van der Waals surface area contributed by atoms with Crippen LogP contribution in [0.3, 0.4) is 0 Å². The number of aliphatic hydroxyl groups is 1. The predicted molar refractivity (Wildman–Crippen MR) is 63.6 cm³/mol. The van der Waals surface area contributed by atoms with Gasteiger partial charge in [-0.3, -0.25) is 0 Å². The number of hydrogen-bond donors (Lipinski definition) is 2. The molecule has 0 spiro atoms. The summed E-state index contributed by atoms with van der Waals surface area (Å²) in [5.74, 6) is 0.786. The van der Waals surface area contributed by atoms with Crippen molar-refractivity contribution in [2.24, 2.45) is 0 Å². The van der Waals surface area contributed by atoms with Gasteiger partial charge in [-0.2, -0.15) is 0 Å². The fraction of sp³-hybridized carbons (Fsp3) is 0.538. The summed E-state index contributed by atoms with van der Waals surface area (Å²) < 4.78 is 5.13. The van der Waals surface area contributed by atoms with E-state index < -0.39 is 6.10 Å². The molecule has 0 saturated heterocycles. The molecule has 1 aliphatic carbocycles. The molecule has 88 valence electrons. The van der Waals surface area contributed by atoms with Gasteiger partial charge in [0.15, 0.2) is 0 Å². The van der Waals surface area contributed by atoms with E-state index in [0.717, 1.165) is 11.3 Å². The summed E-state index contributed by atoms with van der Waals surface area (Å²) >= 11 is 0. The highest BCUT2D eigenvalue weighted by Crippen LogP contribution is 2.34. The van der Waals surface area contributed by atoms with E-state index in [1.165, 1.54) is 12.8 Å². The van der Waals surface area contributed by atoms with Crippen molar-refractivity contribution >= 4 is 0 Å². The van der Waals surface area contributed by atoms with Crippen LogP contribution < -0.4 is 10.1 Å². The smallest absolute Gasteiger partial charge is 0.119 e. The number of hydrogen-bond acceptors (Lipinski definition) is 3. The molecule has 1 fully saturated rings. The quantitative estimate of drug-likeness (QED) is 0.797. The van der Waals surface area contributed by atoms with Crippen LogP contribution in [0.5, 0.6) is 5.75 Å². The lowest BCUT2D eigenvalue weighted by Crippen LogP contribution is -2.31. The van der Waals surface area contributed by atoms with Gasteiger partial charge in [0.25, 0.3) is 0 Å². The van der Waals surface area contributed by atoms with E-state index in [1.807, 2.05) is 24.3 Å². The number of ether oxygens (including phenoxy) is 1. The van der Waals surface area contributed by atoms with E-state index in [1.54, 1.807) is 7.11 Å². The Kier molecular flexibility index (Phi) is 3.17. The molecular weight excluding hydrogens is 202 g/mol. The van der Waals surface area contributed by atoms with Crippen molar-refractivity contribution in [3.8, 4) is 5.75 Å². The highest BCUT2D eigenvalue weighted by atomic mass is 16.5. The number of aliphatic hydroxyl groups excluding tert-OH is 1.